The second-order valence-electron chi connectivity index (χ2n) is 4.70. The molecular formula is C16H12ClNO2S. The van der Waals surface area contributed by atoms with Crippen molar-refractivity contribution in [3.05, 3.63) is 52.6 Å². The van der Waals surface area contributed by atoms with E-state index in [1.54, 1.807) is 42.8 Å². The van der Waals surface area contributed by atoms with Crippen molar-refractivity contribution in [3.63, 3.8) is 0 Å². The van der Waals surface area contributed by atoms with Gasteiger partial charge in [0.1, 0.15) is 11.5 Å². The van der Waals surface area contributed by atoms with E-state index in [-0.39, 0.29) is 5.78 Å². The molecule has 5 heteroatoms. The summed E-state index contributed by atoms with van der Waals surface area (Å²) in [7, 11) is 0. The zero-order chi connectivity index (χ0) is 14.8. The number of thiophene rings is 1. The number of benzene rings is 1. The summed E-state index contributed by atoms with van der Waals surface area (Å²) < 4.78 is 6.88. The fourth-order valence-electron chi connectivity index (χ4n) is 2.03. The van der Waals surface area contributed by atoms with Gasteiger partial charge in [0.2, 0.25) is 0 Å². The fraction of sp³-hybridized carbons (Fsp3) is 0.125. The van der Waals surface area contributed by atoms with Crippen LogP contribution >= 0.6 is 22.9 Å². The van der Waals surface area contributed by atoms with Crippen LogP contribution in [0.1, 0.15) is 11.8 Å². The van der Waals surface area contributed by atoms with E-state index in [0.717, 1.165) is 15.0 Å². The smallest absolute Gasteiger partial charge is 0.154 e. The van der Waals surface area contributed by atoms with E-state index in [2.05, 4.69) is 4.98 Å². The Labute approximate surface area is 131 Å². The minimum absolute atomic E-state index is 0.148. The molecule has 2 aromatic heterocycles. The van der Waals surface area contributed by atoms with E-state index in [9.17, 15) is 4.79 Å². The third kappa shape index (κ3) is 3.23. The van der Waals surface area contributed by atoms with Crippen molar-refractivity contribution in [1.29, 1.82) is 0 Å². The van der Waals surface area contributed by atoms with Crippen LogP contribution < -0.4 is 4.74 Å². The maximum absolute atomic E-state index is 11.2. The number of carbonyl (C=O) groups excluding carboxylic acids is 1. The molecule has 0 unspecified atom stereocenters. The third-order valence-electron chi connectivity index (χ3n) is 2.93. The van der Waals surface area contributed by atoms with Gasteiger partial charge < -0.3 is 4.74 Å². The summed E-state index contributed by atoms with van der Waals surface area (Å²) in [4.78, 5) is 16.5. The van der Waals surface area contributed by atoms with Gasteiger partial charge in [-0.1, -0.05) is 11.6 Å². The molecule has 0 aliphatic heterocycles. The van der Waals surface area contributed by atoms with Crippen molar-refractivity contribution in [1.82, 2.24) is 4.98 Å². The van der Waals surface area contributed by atoms with E-state index in [1.807, 2.05) is 18.2 Å². The highest BCUT2D eigenvalue weighted by Gasteiger charge is 2.10. The molecule has 0 amide bonds. The first-order valence-electron chi connectivity index (χ1n) is 6.41. The summed E-state index contributed by atoms with van der Waals surface area (Å²) in [5.41, 5.74) is 0. The summed E-state index contributed by atoms with van der Waals surface area (Å²) in [5.74, 6) is 1.53. The zero-order valence-electron chi connectivity index (χ0n) is 11.3. The normalized spacial score (nSPS) is 10.8. The quantitative estimate of drug-likeness (QED) is 0.689. The second-order valence-corrected chi connectivity index (χ2v) is 6.30. The Morgan fingerprint density at radius 3 is 2.76 bits per heavy atom. The summed E-state index contributed by atoms with van der Waals surface area (Å²) in [5, 5.41) is 1.64. The van der Waals surface area contributed by atoms with Gasteiger partial charge in [0, 0.05) is 27.9 Å². The Hall–Kier alpha value is -1.91. The summed E-state index contributed by atoms with van der Waals surface area (Å²) in [6, 6.07) is 9.17. The number of ketones is 1. The Kier molecular flexibility index (Phi) is 3.90. The van der Waals surface area contributed by atoms with Gasteiger partial charge in [0.05, 0.1) is 10.9 Å². The van der Waals surface area contributed by atoms with Crippen LogP contribution in [0.25, 0.3) is 10.1 Å². The van der Waals surface area contributed by atoms with E-state index < -0.39 is 0 Å². The predicted molar refractivity (Wildman–Crippen MR) is 85.5 cm³/mol. The molecule has 0 atom stereocenters. The van der Waals surface area contributed by atoms with Crippen LogP contribution in [0.15, 0.2) is 42.7 Å². The van der Waals surface area contributed by atoms with Gasteiger partial charge in [-0.2, -0.15) is 0 Å². The molecule has 0 aliphatic rings. The number of aromatic nitrogens is 1. The number of Topliss-reactive ketones (excluding diaryl/α,β-unsaturated/α-hetero) is 1. The number of nitrogens with zero attached hydrogens (tertiary/aromatic N) is 1. The highest BCUT2D eigenvalue weighted by atomic mass is 35.5. The molecule has 0 saturated heterocycles. The van der Waals surface area contributed by atoms with Crippen LogP contribution in [0.2, 0.25) is 5.02 Å². The Morgan fingerprint density at radius 1 is 1.29 bits per heavy atom. The van der Waals surface area contributed by atoms with Crippen LogP contribution in [0, 0.1) is 0 Å². The number of carbonyl (C=O) groups is 1. The topological polar surface area (TPSA) is 39.2 Å². The Balaban J connectivity index is 1.96. The van der Waals surface area contributed by atoms with E-state index in [4.69, 9.17) is 16.3 Å². The number of halogens is 1. The maximum Gasteiger partial charge on any atom is 0.154 e. The fourth-order valence-corrected chi connectivity index (χ4v) is 3.28. The maximum atomic E-state index is 11.2. The first-order valence-corrected chi connectivity index (χ1v) is 7.60. The van der Waals surface area contributed by atoms with Crippen LogP contribution in [-0.2, 0) is 11.2 Å². The van der Waals surface area contributed by atoms with E-state index in [1.165, 1.54) is 0 Å². The lowest BCUT2D eigenvalue weighted by atomic mass is 10.2. The van der Waals surface area contributed by atoms with Gasteiger partial charge in [-0.3, -0.25) is 9.78 Å². The number of pyridine rings is 1. The molecule has 0 fully saturated rings. The van der Waals surface area contributed by atoms with Gasteiger partial charge in [0.15, 0.2) is 5.75 Å². The molecule has 0 aliphatic carbocycles. The minimum Gasteiger partial charge on any atom is -0.455 e. The molecule has 3 aromatic rings. The van der Waals surface area contributed by atoms with Crippen LogP contribution in [0.3, 0.4) is 0 Å². The number of hydrogen-bond donors (Lipinski definition) is 0. The molecule has 0 N–H and O–H groups in total. The van der Waals surface area contributed by atoms with E-state index in [0.29, 0.717) is 22.9 Å². The molecule has 0 radical (unpaired) electrons. The van der Waals surface area contributed by atoms with E-state index >= 15 is 0 Å². The highest BCUT2D eigenvalue weighted by molar-refractivity contribution is 7.19. The third-order valence-corrected chi connectivity index (χ3v) is 4.25. The van der Waals surface area contributed by atoms with Crippen molar-refractivity contribution in [3.8, 4) is 11.5 Å². The van der Waals surface area contributed by atoms with Gasteiger partial charge in [-0.15, -0.1) is 11.3 Å². The van der Waals surface area contributed by atoms with Gasteiger partial charge in [0.25, 0.3) is 0 Å². The van der Waals surface area contributed by atoms with Gasteiger partial charge in [-0.25, -0.2) is 0 Å². The van der Waals surface area contributed by atoms with Crippen LogP contribution in [0.4, 0.5) is 0 Å². The Morgan fingerprint density at radius 2 is 2.05 bits per heavy atom. The second kappa shape index (κ2) is 5.84. The molecule has 0 saturated carbocycles. The largest absolute Gasteiger partial charge is 0.455 e. The Bertz CT molecular complexity index is 796. The molecule has 3 nitrogen and oxygen atoms in total. The summed E-state index contributed by atoms with van der Waals surface area (Å²) in [6.45, 7) is 1.59. The number of rotatable bonds is 4. The summed E-state index contributed by atoms with van der Waals surface area (Å²) in [6.07, 6.45) is 3.92. The van der Waals surface area contributed by atoms with Crippen molar-refractivity contribution in [2.45, 2.75) is 13.3 Å². The number of ether oxygens (including phenoxy) is 1. The molecule has 1 aromatic carbocycles. The standard InChI is InChI=1S/C16H12ClNO2S/c1-10(19)6-13-7-14-15(8-18-9-16(14)21-13)20-12-4-2-11(17)3-5-12/h2-5,7-9H,6H2,1H3. The number of fused-ring (bicyclic) bond motifs is 1. The average Bonchev–Trinajstić information content (AvgIpc) is 2.84. The number of hydrogen-bond acceptors (Lipinski definition) is 4. The molecule has 0 bridgehead atoms. The molecule has 3 rings (SSSR count). The molecule has 0 spiro atoms. The predicted octanol–water partition coefficient (Wildman–Crippen LogP) is 4.87. The first kappa shape index (κ1) is 14.0. The van der Waals surface area contributed by atoms with Crippen molar-refractivity contribution >= 4 is 38.8 Å². The molecule has 2 heterocycles. The molecule has 106 valence electrons. The van der Waals surface area contributed by atoms with Gasteiger partial charge >= 0.3 is 0 Å². The monoisotopic (exact) mass is 317 g/mol. The van der Waals surface area contributed by atoms with Crippen molar-refractivity contribution in [2.75, 3.05) is 0 Å². The molecule has 21 heavy (non-hydrogen) atoms. The van der Waals surface area contributed by atoms with Crippen LogP contribution in [-0.4, -0.2) is 10.8 Å². The highest BCUT2D eigenvalue weighted by Crippen LogP contribution is 2.34. The SMILES string of the molecule is CC(=O)Cc1cc2c(Oc3ccc(Cl)cc3)cncc2s1. The van der Waals surface area contributed by atoms with Crippen molar-refractivity contribution < 1.29 is 9.53 Å². The lowest BCUT2D eigenvalue weighted by Gasteiger charge is -2.06. The molecular weight excluding hydrogens is 306 g/mol. The lowest BCUT2D eigenvalue weighted by molar-refractivity contribution is -0.116. The zero-order valence-corrected chi connectivity index (χ0v) is 12.9. The average molecular weight is 318 g/mol. The lowest BCUT2D eigenvalue weighted by Crippen LogP contribution is -1.92. The first-order chi connectivity index (χ1) is 10.1. The van der Waals surface area contributed by atoms with Gasteiger partial charge in [-0.05, 0) is 37.3 Å². The van der Waals surface area contributed by atoms with Crippen molar-refractivity contribution in [2.24, 2.45) is 0 Å². The summed E-state index contributed by atoms with van der Waals surface area (Å²) >= 11 is 7.43. The van der Waals surface area contributed by atoms with Crippen LogP contribution in [0.5, 0.6) is 11.5 Å². The minimum atomic E-state index is 0.148.